The first-order valence-electron chi connectivity index (χ1n) is 9.40. The van der Waals surface area contributed by atoms with Gasteiger partial charge in [-0.25, -0.2) is 4.79 Å². The van der Waals surface area contributed by atoms with Crippen molar-refractivity contribution in [3.05, 3.63) is 0 Å². The molecule has 2 heterocycles. The third-order valence-corrected chi connectivity index (χ3v) is 5.17. The van der Waals surface area contributed by atoms with E-state index in [-0.39, 0.29) is 23.4 Å². The summed E-state index contributed by atoms with van der Waals surface area (Å²) < 4.78 is 0. The number of nitrogens with two attached hydrogens (primary N) is 1. The second kappa shape index (κ2) is 8.19. The Morgan fingerprint density at radius 3 is 2.38 bits per heavy atom. The van der Waals surface area contributed by atoms with Crippen molar-refractivity contribution < 1.29 is 9.59 Å². The summed E-state index contributed by atoms with van der Waals surface area (Å²) in [6.07, 6.45) is 4.78. The maximum atomic E-state index is 12.7. The molecule has 0 aromatic rings. The van der Waals surface area contributed by atoms with Crippen molar-refractivity contribution in [2.45, 2.75) is 58.4 Å². The van der Waals surface area contributed by atoms with Crippen LogP contribution in [-0.2, 0) is 4.79 Å². The van der Waals surface area contributed by atoms with Crippen LogP contribution in [0.25, 0.3) is 0 Å². The van der Waals surface area contributed by atoms with Gasteiger partial charge in [-0.3, -0.25) is 4.79 Å². The maximum absolute atomic E-state index is 12.7. The summed E-state index contributed by atoms with van der Waals surface area (Å²) >= 11 is 0. The van der Waals surface area contributed by atoms with Crippen LogP contribution < -0.4 is 11.1 Å². The van der Waals surface area contributed by atoms with Crippen LogP contribution in [0, 0.1) is 11.8 Å². The molecular weight excluding hydrogens is 304 g/mol. The lowest BCUT2D eigenvalue weighted by Gasteiger charge is -2.37. The smallest absolute Gasteiger partial charge is 0.320 e. The summed E-state index contributed by atoms with van der Waals surface area (Å²) in [5.41, 5.74) is 5.54. The van der Waals surface area contributed by atoms with Crippen LogP contribution in [0.4, 0.5) is 4.79 Å². The molecule has 0 aliphatic carbocycles. The SMILES string of the molecule is CC(C)CC(C)(CN)NC(=O)C1CCCN(C(=O)N2CCCC2)C1. The number of carbonyl (C=O) groups is 2. The predicted octanol–water partition coefficient (Wildman–Crippen LogP) is 1.79. The Morgan fingerprint density at radius 2 is 1.79 bits per heavy atom. The first kappa shape index (κ1) is 19.0. The van der Waals surface area contributed by atoms with Crippen molar-refractivity contribution in [3.8, 4) is 0 Å². The number of hydrogen-bond acceptors (Lipinski definition) is 3. The zero-order valence-corrected chi connectivity index (χ0v) is 15.5. The van der Waals surface area contributed by atoms with Gasteiger partial charge in [-0.15, -0.1) is 0 Å². The number of urea groups is 1. The van der Waals surface area contributed by atoms with E-state index in [1.807, 2.05) is 16.7 Å². The fourth-order valence-corrected chi connectivity index (χ4v) is 3.96. The van der Waals surface area contributed by atoms with Crippen molar-refractivity contribution in [2.24, 2.45) is 17.6 Å². The lowest BCUT2D eigenvalue weighted by Crippen LogP contribution is -2.56. The molecule has 2 unspecified atom stereocenters. The first-order valence-corrected chi connectivity index (χ1v) is 9.40. The van der Waals surface area contributed by atoms with Gasteiger partial charge >= 0.3 is 6.03 Å². The zero-order valence-electron chi connectivity index (χ0n) is 15.5. The lowest BCUT2D eigenvalue weighted by atomic mass is 9.89. The largest absolute Gasteiger partial charge is 0.349 e. The van der Waals surface area contributed by atoms with Gasteiger partial charge in [0, 0.05) is 38.3 Å². The lowest BCUT2D eigenvalue weighted by molar-refractivity contribution is -0.128. The predicted molar refractivity (Wildman–Crippen MR) is 95.6 cm³/mol. The fraction of sp³-hybridized carbons (Fsp3) is 0.889. The molecule has 6 nitrogen and oxygen atoms in total. The van der Waals surface area contributed by atoms with Crippen LogP contribution in [0.15, 0.2) is 0 Å². The summed E-state index contributed by atoms with van der Waals surface area (Å²) in [6, 6.07) is 0.105. The third kappa shape index (κ3) is 4.85. The summed E-state index contributed by atoms with van der Waals surface area (Å²) in [7, 11) is 0. The standard InChI is InChI=1S/C18H34N4O2/c1-14(2)11-18(3,13-19)20-16(23)15-7-6-10-22(12-15)17(24)21-8-4-5-9-21/h14-15H,4-13,19H2,1-3H3,(H,20,23). The van der Waals surface area contributed by atoms with Crippen molar-refractivity contribution in [1.82, 2.24) is 15.1 Å². The van der Waals surface area contributed by atoms with Gasteiger partial charge in [0.1, 0.15) is 0 Å². The average molecular weight is 338 g/mol. The van der Waals surface area contributed by atoms with Gasteiger partial charge in [0.25, 0.3) is 0 Å². The first-order chi connectivity index (χ1) is 11.3. The average Bonchev–Trinajstić information content (AvgIpc) is 3.08. The second-order valence-corrected chi connectivity index (χ2v) is 8.11. The molecule has 24 heavy (non-hydrogen) atoms. The van der Waals surface area contributed by atoms with Crippen LogP contribution in [0.1, 0.15) is 52.9 Å². The van der Waals surface area contributed by atoms with Gasteiger partial charge < -0.3 is 20.9 Å². The molecule has 138 valence electrons. The number of hydrogen-bond donors (Lipinski definition) is 2. The highest BCUT2D eigenvalue weighted by Gasteiger charge is 2.34. The van der Waals surface area contributed by atoms with Crippen LogP contribution in [-0.4, -0.2) is 60.0 Å². The second-order valence-electron chi connectivity index (χ2n) is 8.11. The summed E-state index contributed by atoms with van der Waals surface area (Å²) in [6.45, 7) is 9.72. The highest BCUT2D eigenvalue weighted by Crippen LogP contribution is 2.22. The minimum atomic E-state index is -0.369. The minimum absolute atomic E-state index is 0.0440. The highest BCUT2D eigenvalue weighted by molar-refractivity contribution is 5.81. The van der Waals surface area contributed by atoms with Crippen LogP contribution >= 0.6 is 0 Å². The molecule has 2 aliphatic heterocycles. The molecule has 3 amide bonds. The number of amides is 3. The Labute approximate surface area is 146 Å². The number of carbonyl (C=O) groups excluding carboxylic acids is 2. The normalized spacial score (nSPS) is 24.1. The maximum Gasteiger partial charge on any atom is 0.320 e. The van der Waals surface area contributed by atoms with Gasteiger partial charge in [-0.1, -0.05) is 13.8 Å². The third-order valence-electron chi connectivity index (χ3n) is 5.17. The molecule has 3 N–H and O–H groups in total. The summed E-state index contributed by atoms with van der Waals surface area (Å²) in [5.74, 6) is 0.393. The molecule has 0 bridgehead atoms. The van der Waals surface area contributed by atoms with Gasteiger partial charge in [0.05, 0.1) is 5.92 Å². The van der Waals surface area contributed by atoms with E-state index in [0.29, 0.717) is 19.0 Å². The molecule has 6 heteroatoms. The monoisotopic (exact) mass is 338 g/mol. The van der Waals surface area contributed by atoms with Gasteiger partial charge in [-0.2, -0.15) is 0 Å². The Kier molecular flexibility index (Phi) is 6.49. The number of piperidine rings is 1. The van der Waals surface area contributed by atoms with Gasteiger partial charge in [-0.05, 0) is 44.9 Å². The number of nitrogens with one attached hydrogen (secondary N) is 1. The molecule has 0 radical (unpaired) electrons. The van der Waals surface area contributed by atoms with E-state index >= 15 is 0 Å². The van der Waals surface area contributed by atoms with Gasteiger partial charge in [0.15, 0.2) is 0 Å². The van der Waals surface area contributed by atoms with Gasteiger partial charge in [0.2, 0.25) is 5.91 Å². The van der Waals surface area contributed by atoms with E-state index in [2.05, 4.69) is 19.2 Å². The molecule has 0 aromatic carbocycles. The molecule has 0 aromatic heterocycles. The number of likely N-dealkylation sites (tertiary alicyclic amines) is 2. The van der Waals surface area contributed by atoms with Crippen LogP contribution in [0.3, 0.4) is 0 Å². The van der Waals surface area contributed by atoms with Crippen molar-refractivity contribution in [3.63, 3.8) is 0 Å². The molecule has 0 saturated carbocycles. The van der Waals surface area contributed by atoms with Crippen LogP contribution in [0.5, 0.6) is 0 Å². The Balaban J connectivity index is 1.93. The van der Waals surface area contributed by atoms with E-state index in [9.17, 15) is 9.59 Å². The summed E-state index contributed by atoms with van der Waals surface area (Å²) in [4.78, 5) is 29.1. The Hall–Kier alpha value is -1.30. The van der Waals surface area contributed by atoms with E-state index in [1.54, 1.807) is 0 Å². The number of rotatable bonds is 5. The van der Waals surface area contributed by atoms with E-state index < -0.39 is 0 Å². The highest BCUT2D eigenvalue weighted by atomic mass is 16.2. The molecule has 2 fully saturated rings. The van der Waals surface area contributed by atoms with Crippen molar-refractivity contribution in [2.75, 3.05) is 32.7 Å². The molecule has 2 atom stereocenters. The quantitative estimate of drug-likeness (QED) is 0.802. The zero-order chi connectivity index (χ0) is 17.7. The fourth-order valence-electron chi connectivity index (χ4n) is 3.96. The Morgan fingerprint density at radius 1 is 1.17 bits per heavy atom. The topological polar surface area (TPSA) is 78.7 Å². The van der Waals surface area contributed by atoms with Crippen LogP contribution in [0.2, 0.25) is 0 Å². The molecule has 2 saturated heterocycles. The van der Waals surface area contributed by atoms with E-state index in [0.717, 1.165) is 51.7 Å². The Bertz CT molecular complexity index is 448. The van der Waals surface area contributed by atoms with Crippen molar-refractivity contribution >= 4 is 11.9 Å². The molecule has 2 rings (SSSR count). The summed E-state index contributed by atoms with van der Waals surface area (Å²) in [5, 5.41) is 3.16. The molecule has 2 aliphatic rings. The van der Waals surface area contributed by atoms with E-state index in [4.69, 9.17) is 5.73 Å². The molecular formula is C18H34N4O2. The molecule has 0 spiro atoms. The number of nitrogens with zero attached hydrogens (tertiary/aromatic N) is 2. The minimum Gasteiger partial charge on any atom is -0.349 e. The van der Waals surface area contributed by atoms with Crippen molar-refractivity contribution in [1.29, 1.82) is 0 Å². The van der Waals surface area contributed by atoms with E-state index in [1.165, 1.54) is 0 Å².